The van der Waals surface area contributed by atoms with Gasteiger partial charge < -0.3 is 16.2 Å². The molecule has 0 heterocycles. The van der Waals surface area contributed by atoms with Gasteiger partial charge in [0.05, 0.1) is 5.41 Å². The fraction of sp³-hybridized carbons (Fsp3) is 0.500. The zero-order valence-corrected chi connectivity index (χ0v) is 12.2. The van der Waals surface area contributed by atoms with Crippen molar-refractivity contribution < 1.29 is 14.7 Å². The van der Waals surface area contributed by atoms with Crippen molar-refractivity contribution in [3.8, 4) is 0 Å². The highest BCUT2D eigenvalue weighted by Crippen LogP contribution is 2.36. The Morgan fingerprint density at radius 2 is 2.10 bits per heavy atom. The van der Waals surface area contributed by atoms with Gasteiger partial charge >= 0.3 is 5.97 Å². The Morgan fingerprint density at radius 1 is 1.43 bits per heavy atom. The van der Waals surface area contributed by atoms with Gasteiger partial charge in [-0.1, -0.05) is 36.8 Å². The molecule has 2 unspecified atom stereocenters. The van der Waals surface area contributed by atoms with Crippen LogP contribution in [0.5, 0.6) is 0 Å². The Hall–Kier alpha value is -1.88. The second-order valence-electron chi connectivity index (χ2n) is 5.97. The molecule has 1 aliphatic carbocycles. The number of nitrogens with one attached hydrogen (secondary N) is 1. The summed E-state index contributed by atoms with van der Waals surface area (Å²) in [4.78, 5) is 23.8. The highest BCUT2D eigenvalue weighted by molar-refractivity contribution is 5.88. The minimum Gasteiger partial charge on any atom is -0.480 e. The van der Waals surface area contributed by atoms with E-state index in [2.05, 4.69) is 5.32 Å². The van der Waals surface area contributed by atoms with Crippen molar-refractivity contribution in [1.29, 1.82) is 0 Å². The van der Waals surface area contributed by atoms with Crippen molar-refractivity contribution >= 4 is 11.9 Å². The van der Waals surface area contributed by atoms with Crippen molar-refractivity contribution in [3.63, 3.8) is 0 Å². The summed E-state index contributed by atoms with van der Waals surface area (Å²) in [6.07, 6.45) is 2.69. The van der Waals surface area contributed by atoms with Crippen LogP contribution < -0.4 is 11.1 Å². The van der Waals surface area contributed by atoms with Gasteiger partial charge in [0.25, 0.3) is 0 Å². The lowest BCUT2D eigenvalue weighted by molar-refractivity contribution is -0.143. The lowest BCUT2D eigenvalue weighted by atomic mass is 9.84. The highest BCUT2D eigenvalue weighted by Gasteiger charge is 2.44. The molecular formula is C16H22N2O3. The molecule has 5 nitrogen and oxygen atoms in total. The van der Waals surface area contributed by atoms with Crippen LogP contribution in [0, 0.1) is 5.41 Å². The molecule has 114 valence electrons. The number of benzene rings is 1. The second-order valence-corrected chi connectivity index (χ2v) is 5.97. The number of hydrogen-bond donors (Lipinski definition) is 3. The molecule has 2 rings (SSSR count). The van der Waals surface area contributed by atoms with E-state index in [-0.39, 0.29) is 18.4 Å². The molecule has 0 saturated heterocycles. The first-order valence-corrected chi connectivity index (χ1v) is 7.27. The van der Waals surface area contributed by atoms with Crippen LogP contribution in [0.1, 0.15) is 31.7 Å². The van der Waals surface area contributed by atoms with Crippen LogP contribution in [0.15, 0.2) is 30.3 Å². The van der Waals surface area contributed by atoms with Gasteiger partial charge in [0.1, 0.15) is 6.04 Å². The average Bonchev–Trinajstić information content (AvgIpc) is 2.80. The first kappa shape index (κ1) is 15.5. The van der Waals surface area contributed by atoms with Gasteiger partial charge in [-0.2, -0.15) is 0 Å². The first-order valence-electron chi connectivity index (χ1n) is 7.27. The van der Waals surface area contributed by atoms with Gasteiger partial charge in [-0.05, 0) is 25.3 Å². The van der Waals surface area contributed by atoms with Gasteiger partial charge in [-0.25, -0.2) is 4.79 Å². The van der Waals surface area contributed by atoms with Crippen molar-refractivity contribution in [3.05, 3.63) is 35.9 Å². The van der Waals surface area contributed by atoms with Crippen LogP contribution in [0.4, 0.5) is 0 Å². The first-order chi connectivity index (χ1) is 9.93. The molecule has 21 heavy (non-hydrogen) atoms. The Balaban J connectivity index is 2.06. The Bertz CT molecular complexity index is 518. The van der Waals surface area contributed by atoms with E-state index in [1.165, 1.54) is 0 Å². The summed E-state index contributed by atoms with van der Waals surface area (Å²) in [5.74, 6) is -1.28. The molecule has 1 saturated carbocycles. The largest absolute Gasteiger partial charge is 0.480 e. The molecule has 0 bridgehead atoms. The molecule has 5 heteroatoms. The third-order valence-corrected chi connectivity index (χ3v) is 4.43. The number of carbonyl (C=O) groups is 2. The number of amides is 1. The Labute approximate surface area is 124 Å². The summed E-state index contributed by atoms with van der Waals surface area (Å²) in [5.41, 5.74) is 6.23. The summed E-state index contributed by atoms with van der Waals surface area (Å²) in [6, 6.07) is 8.15. The highest BCUT2D eigenvalue weighted by atomic mass is 16.4. The average molecular weight is 290 g/mol. The minimum absolute atomic E-state index is 0.205. The smallest absolute Gasteiger partial charge is 0.326 e. The molecule has 4 N–H and O–H groups in total. The fourth-order valence-corrected chi connectivity index (χ4v) is 2.85. The minimum atomic E-state index is -1.03. The number of carbonyl (C=O) groups excluding carboxylic acids is 1. The molecule has 0 aliphatic heterocycles. The number of carboxylic acids is 1. The molecule has 1 aromatic rings. The van der Waals surface area contributed by atoms with Crippen LogP contribution in [-0.4, -0.2) is 29.1 Å². The maximum atomic E-state index is 12.4. The molecule has 1 aromatic carbocycles. The van der Waals surface area contributed by atoms with E-state index in [4.69, 9.17) is 5.73 Å². The summed E-state index contributed by atoms with van der Waals surface area (Å²) >= 11 is 0. The topological polar surface area (TPSA) is 92.4 Å². The molecule has 1 aliphatic rings. The van der Waals surface area contributed by atoms with E-state index < -0.39 is 17.4 Å². The van der Waals surface area contributed by atoms with Gasteiger partial charge in [-0.3, -0.25) is 4.79 Å². The number of aliphatic carboxylic acids is 1. The second kappa shape index (κ2) is 6.26. The lowest BCUT2D eigenvalue weighted by Crippen LogP contribution is -2.52. The maximum absolute atomic E-state index is 12.4. The zero-order chi connectivity index (χ0) is 15.5. The van der Waals surface area contributed by atoms with Crippen molar-refractivity contribution in [2.24, 2.45) is 11.1 Å². The standard InChI is InChI=1S/C16H22N2O3/c1-16(9-5-8-13(16)17)15(21)18-12(14(19)20)10-11-6-3-2-4-7-11/h2-4,6-7,12-13H,5,8-10,17H2,1H3,(H,18,21)(H,19,20)/t12-,13?,16?/m0/s1. The molecule has 0 radical (unpaired) electrons. The normalized spacial score (nSPS) is 26.3. The van der Waals surface area contributed by atoms with Crippen molar-refractivity contribution in [2.45, 2.75) is 44.7 Å². The quantitative estimate of drug-likeness (QED) is 0.762. The molecule has 0 spiro atoms. The molecule has 0 aromatic heterocycles. The van der Waals surface area contributed by atoms with Gasteiger partial charge in [0, 0.05) is 12.5 Å². The monoisotopic (exact) mass is 290 g/mol. The van der Waals surface area contributed by atoms with E-state index in [1.807, 2.05) is 37.3 Å². The van der Waals surface area contributed by atoms with Gasteiger partial charge in [0.2, 0.25) is 5.91 Å². The van der Waals surface area contributed by atoms with E-state index >= 15 is 0 Å². The third-order valence-electron chi connectivity index (χ3n) is 4.43. The molecular weight excluding hydrogens is 268 g/mol. The van der Waals surface area contributed by atoms with Crippen LogP contribution >= 0.6 is 0 Å². The van der Waals surface area contributed by atoms with Crippen LogP contribution in [0.25, 0.3) is 0 Å². The predicted molar refractivity (Wildman–Crippen MR) is 79.6 cm³/mol. The SMILES string of the molecule is CC1(C(=O)N[C@@H](Cc2ccccc2)C(=O)O)CCCC1N. The summed E-state index contributed by atoms with van der Waals surface area (Å²) in [6.45, 7) is 1.82. The van der Waals surface area contributed by atoms with Crippen LogP contribution in [-0.2, 0) is 16.0 Å². The van der Waals surface area contributed by atoms with E-state index in [0.29, 0.717) is 6.42 Å². The van der Waals surface area contributed by atoms with E-state index in [9.17, 15) is 14.7 Å². The van der Waals surface area contributed by atoms with Gasteiger partial charge in [0.15, 0.2) is 0 Å². The number of rotatable bonds is 5. The number of nitrogens with two attached hydrogens (primary N) is 1. The molecule has 3 atom stereocenters. The third kappa shape index (κ3) is 3.42. The number of carboxylic acid groups (broad SMARTS) is 1. The summed E-state index contributed by atoms with van der Waals surface area (Å²) < 4.78 is 0. The van der Waals surface area contributed by atoms with Gasteiger partial charge in [-0.15, -0.1) is 0 Å². The number of hydrogen-bond acceptors (Lipinski definition) is 3. The van der Waals surface area contributed by atoms with Crippen molar-refractivity contribution in [1.82, 2.24) is 5.32 Å². The van der Waals surface area contributed by atoms with Crippen LogP contribution in [0.2, 0.25) is 0 Å². The Kier molecular flexibility index (Phi) is 4.63. The summed E-state index contributed by atoms with van der Waals surface area (Å²) in [5, 5.41) is 12.0. The van der Waals surface area contributed by atoms with Crippen LogP contribution in [0.3, 0.4) is 0 Å². The maximum Gasteiger partial charge on any atom is 0.326 e. The summed E-state index contributed by atoms with van der Waals surface area (Å²) in [7, 11) is 0. The Morgan fingerprint density at radius 3 is 2.62 bits per heavy atom. The fourth-order valence-electron chi connectivity index (χ4n) is 2.85. The predicted octanol–water partition coefficient (Wildman–Crippen LogP) is 1.32. The molecule has 1 fully saturated rings. The lowest BCUT2D eigenvalue weighted by Gasteiger charge is -2.29. The van der Waals surface area contributed by atoms with Crippen molar-refractivity contribution in [2.75, 3.05) is 0 Å². The van der Waals surface area contributed by atoms with E-state index in [0.717, 1.165) is 18.4 Å². The van der Waals surface area contributed by atoms with E-state index in [1.54, 1.807) is 0 Å². The zero-order valence-electron chi connectivity index (χ0n) is 12.2. The molecule has 1 amide bonds.